The maximum absolute atomic E-state index is 11.8. The van der Waals surface area contributed by atoms with Crippen LogP contribution in [0.1, 0.15) is 19.5 Å². The monoisotopic (exact) mass is 366 g/mol. The third-order valence-corrected chi connectivity index (χ3v) is 4.87. The van der Waals surface area contributed by atoms with Gasteiger partial charge < -0.3 is 0 Å². The highest BCUT2D eigenvalue weighted by molar-refractivity contribution is 8.13. The molecule has 0 aliphatic rings. The molecule has 4 nitrogen and oxygen atoms in total. The number of rotatable bonds is 4. The second-order valence-electron chi connectivity index (χ2n) is 4.99. The molecule has 0 fully saturated rings. The Balaban J connectivity index is 2.64. The van der Waals surface area contributed by atoms with Crippen LogP contribution in [-0.4, -0.2) is 18.2 Å². The maximum Gasteiger partial charge on any atom is 0.266 e. The van der Waals surface area contributed by atoms with E-state index in [0.717, 1.165) is 0 Å². The highest BCUT2D eigenvalue weighted by Crippen LogP contribution is 2.32. The summed E-state index contributed by atoms with van der Waals surface area (Å²) in [6.45, 7) is 3.92. The summed E-state index contributed by atoms with van der Waals surface area (Å²) in [7, 11) is 1.52. The highest BCUT2D eigenvalue weighted by Gasteiger charge is 2.27. The van der Waals surface area contributed by atoms with E-state index in [4.69, 9.17) is 33.9 Å². The van der Waals surface area contributed by atoms with Gasteiger partial charge in [-0.1, -0.05) is 37.0 Å². The van der Waals surface area contributed by atoms with Gasteiger partial charge in [0.1, 0.15) is 4.90 Å². The van der Waals surface area contributed by atoms with Gasteiger partial charge in [0.2, 0.25) is 0 Å². The zero-order valence-electron chi connectivity index (χ0n) is 11.3. The van der Waals surface area contributed by atoms with Gasteiger partial charge in [-0.15, -0.1) is 0 Å². The van der Waals surface area contributed by atoms with E-state index in [1.54, 1.807) is 24.3 Å². The normalized spacial score (nSPS) is 12.1. The van der Waals surface area contributed by atoms with Crippen LogP contribution >= 0.6 is 33.9 Å². The molecule has 114 valence electrons. The van der Waals surface area contributed by atoms with Gasteiger partial charge in [0, 0.05) is 15.7 Å². The predicted molar refractivity (Wildman–Crippen MR) is 85.2 cm³/mol. The standard InChI is InChI=1S/C13H13Cl3N2O2S/c1-8(2)7-11-12(21(16,19)20)13(15)18(17-11)10-5-3-9(14)4-6-10/h3-6,8H,7H2,1-2H3. The van der Waals surface area contributed by atoms with Crippen molar-refractivity contribution in [1.29, 1.82) is 0 Å². The fraction of sp³-hybridized carbons (Fsp3) is 0.308. The zero-order valence-corrected chi connectivity index (χ0v) is 14.4. The summed E-state index contributed by atoms with van der Waals surface area (Å²) in [5.41, 5.74) is 0.973. The van der Waals surface area contributed by atoms with Crippen LogP contribution in [0.4, 0.5) is 0 Å². The van der Waals surface area contributed by atoms with E-state index >= 15 is 0 Å². The van der Waals surface area contributed by atoms with Crippen LogP contribution < -0.4 is 0 Å². The van der Waals surface area contributed by atoms with Gasteiger partial charge >= 0.3 is 0 Å². The SMILES string of the molecule is CC(C)Cc1nn(-c2ccc(Cl)cc2)c(Cl)c1S(=O)(=O)Cl. The molecule has 8 heteroatoms. The quantitative estimate of drug-likeness (QED) is 0.757. The fourth-order valence-corrected chi connectivity index (χ4v) is 3.91. The number of hydrogen-bond donors (Lipinski definition) is 0. The van der Waals surface area contributed by atoms with Gasteiger partial charge in [0.15, 0.2) is 5.15 Å². The van der Waals surface area contributed by atoms with Gasteiger partial charge in [0.05, 0.1) is 11.4 Å². The summed E-state index contributed by atoms with van der Waals surface area (Å²) < 4.78 is 24.9. The van der Waals surface area contributed by atoms with Crippen molar-refractivity contribution in [2.75, 3.05) is 0 Å². The Kier molecular flexibility index (Phi) is 4.88. The van der Waals surface area contributed by atoms with Crippen molar-refractivity contribution >= 4 is 42.9 Å². The van der Waals surface area contributed by atoms with Crippen LogP contribution in [0.25, 0.3) is 5.69 Å². The molecule has 0 unspecified atom stereocenters. The van der Waals surface area contributed by atoms with Crippen LogP contribution in [0.5, 0.6) is 0 Å². The first-order valence-electron chi connectivity index (χ1n) is 6.18. The Morgan fingerprint density at radius 3 is 2.24 bits per heavy atom. The first-order valence-corrected chi connectivity index (χ1v) is 9.24. The molecule has 0 amide bonds. The molecule has 1 aromatic carbocycles. The molecule has 0 atom stereocenters. The maximum atomic E-state index is 11.8. The van der Waals surface area contributed by atoms with Crippen molar-refractivity contribution in [1.82, 2.24) is 9.78 Å². The molecule has 0 radical (unpaired) electrons. The second-order valence-corrected chi connectivity index (χ2v) is 8.29. The Morgan fingerprint density at radius 1 is 1.19 bits per heavy atom. The lowest BCUT2D eigenvalue weighted by molar-refractivity contribution is 0.600. The van der Waals surface area contributed by atoms with E-state index < -0.39 is 9.05 Å². The molecule has 0 aliphatic heterocycles. The Bertz CT molecular complexity index is 752. The van der Waals surface area contributed by atoms with Crippen LogP contribution in [0.2, 0.25) is 10.2 Å². The van der Waals surface area contributed by atoms with E-state index in [1.165, 1.54) is 4.68 Å². The number of benzene rings is 1. The minimum atomic E-state index is -3.97. The van der Waals surface area contributed by atoms with Crippen LogP contribution in [0, 0.1) is 5.92 Å². The van der Waals surface area contributed by atoms with Gasteiger partial charge in [-0.05, 0) is 36.6 Å². The highest BCUT2D eigenvalue weighted by atomic mass is 35.7. The molecule has 0 N–H and O–H groups in total. The smallest absolute Gasteiger partial charge is 0.221 e. The van der Waals surface area contributed by atoms with Crippen molar-refractivity contribution in [3.05, 3.63) is 40.1 Å². The van der Waals surface area contributed by atoms with E-state index in [2.05, 4.69) is 5.10 Å². The third-order valence-electron chi connectivity index (χ3n) is 2.77. The first-order chi connectivity index (χ1) is 9.70. The summed E-state index contributed by atoms with van der Waals surface area (Å²) in [6, 6.07) is 6.74. The minimum Gasteiger partial charge on any atom is -0.221 e. The number of nitrogens with zero attached hydrogens (tertiary/aromatic N) is 2. The van der Waals surface area contributed by atoms with Gasteiger partial charge in [-0.25, -0.2) is 13.1 Å². The van der Waals surface area contributed by atoms with Crippen LogP contribution in [0.15, 0.2) is 29.2 Å². The van der Waals surface area contributed by atoms with Crippen molar-refractivity contribution in [2.45, 2.75) is 25.2 Å². The summed E-state index contributed by atoms with van der Waals surface area (Å²) in [5.74, 6) is 0.215. The van der Waals surface area contributed by atoms with E-state index in [1.807, 2.05) is 13.8 Å². The lowest BCUT2D eigenvalue weighted by Gasteiger charge is -2.03. The molecule has 1 heterocycles. The predicted octanol–water partition coefficient (Wildman–Crippen LogP) is 4.31. The molecule has 2 aromatic rings. The third kappa shape index (κ3) is 3.72. The Hall–Kier alpha value is -0.750. The lowest BCUT2D eigenvalue weighted by Crippen LogP contribution is -2.01. The molecule has 0 bridgehead atoms. The van der Waals surface area contributed by atoms with Gasteiger partial charge in [-0.2, -0.15) is 5.10 Å². The Morgan fingerprint density at radius 2 is 1.76 bits per heavy atom. The first kappa shape index (κ1) is 16.6. The Labute approximate surface area is 138 Å². The van der Waals surface area contributed by atoms with E-state index in [0.29, 0.717) is 22.8 Å². The molecule has 2 rings (SSSR count). The summed E-state index contributed by atoms with van der Waals surface area (Å²) in [5, 5.41) is 4.83. The van der Waals surface area contributed by atoms with Gasteiger partial charge in [0.25, 0.3) is 9.05 Å². The molecule has 0 saturated heterocycles. The average Bonchev–Trinajstić information content (AvgIpc) is 2.66. The second kappa shape index (κ2) is 6.16. The molecule has 1 aromatic heterocycles. The largest absolute Gasteiger partial charge is 0.266 e. The average molecular weight is 368 g/mol. The van der Waals surface area contributed by atoms with Crippen LogP contribution in [0.3, 0.4) is 0 Å². The zero-order chi connectivity index (χ0) is 15.8. The summed E-state index contributed by atoms with van der Waals surface area (Å²) >= 11 is 12.0. The van der Waals surface area contributed by atoms with Crippen molar-refractivity contribution in [3.8, 4) is 5.69 Å². The number of hydrogen-bond acceptors (Lipinski definition) is 3. The molecule has 0 aliphatic carbocycles. The minimum absolute atomic E-state index is 0.0250. The van der Waals surface area contributed by atoms with Crippen molar-refractivity contribution < 1.29 is 8.42 Å². The van der Waals surface area contributed by atoms with Crippen molar-refractivity contribution in [3.63, 3.8) is 0 Å². The lowest BCUT2D eigenvalue weighted by atomic mass is 10.1. The molecule has 0 saturated carbocycles. The molecule has 21 heavy (non-hydrogen) atoms. The number of halogens is 3. The summed E-state index contributed by atoms with van der Waals surface area (Å²) in [4.78, 5) is -0.130. The summed E-state index contributed by atoms with van der Waals surface area (Å²) in [6.07, 6.45) is 0.460. The molecular formula is C13H13Cl3N2O2S. The van der Waals surface area contributed by atoms with Gasteiger partial charge in [-0.3, -0.25) is 0 Å². The van der Waals surface area contributed by atoms with E-state index in [9.17, 15) is 8.42 Å². The fourth-order valence-electron chi connectivity index (χ4n) is 1.94. The van der Waals surface area contributed by atoms with Crippen molar-refractivity contribution in [2.24, 2.45) is 5.92 Å². The molecular weight excluding hydrogens is 355 g/mol. The molecule has 0 spiro atoms. The topological polar surface area (TPSA) is 52.0 Å². The van der Waals surface area contributed by atoms with Crippen LogP contribution in [-0.2, 0) is 15.5 Å². The van der Waals surface area contributed by atoms with E-state index in [-0.39, 0.29) is 16.0 Å². The number of aromatic nitrogens is 2.